The Hall–Kier alpha value is -0.357. The first kappa shape index (κ1) is 26.9. The van der Waals surface area contributed by atoms with Crippen LogP contribution in [-0.2, 0) is 15.1 Å². The van der Waals surface area contributed by atoms with Crippen molar-refractivity contribution in [3.63, 3.8) is 0 Å². The van der Waals surface area contributed by atoms with Crippen LogP contribution in [0.2, 0.25) is 0 Å². The van der Waals surface area contributed by atoms with Crippen molar-refractivity contribution in [1.29, 1.82) is 0 Å². The first-order valence-electron chi connectivity index (χ1n) is 11.7. The average Bonchev–Trinajstić information content (AvgIpc) is 2.85. The van der Waals surface area contributed by atoms with Crippen LogP contribution < -0.4 is 0 Å². The molecular formula is C22H36Cl2N6Ru. The van der Waals surface area contributed by atoms with E-state index in [9.17, 15) is 0 Å². The summed E-state index contributed by atoms with van der Waals surface area (Å²) in [7, 11) is 9.71. The molecule has 0 N–H and O–H groups in total. The third-order valence-electron chi connectivity index (χ3n) is 5.79. The molecule has 2 atom stereocenters. The zero-order chi connectivity index (χ0) is 22.0. The fraction of sp³-hybridized carbons (Fsp3) is 0.818. The molecule has 0 amide bonds. The molecule has 2 aliphatic carbocycles. The molecule has 2 heterocycles. The van der Waals surface area contributed by atoms with Crippen LogP contribution in [0.3, 0.4) is 0 Å². The van der Waals surface area contributed by atoms with Gasteiger partial charge in [-0.15, -0.1) is 6.54 Å². The first-order chi connectivity index (χ1) is 15.3. The van der Waals surface area contributed by atoms with Crippen molar-refractivity contribution in [2.75, 3.05) is 6.54 Å². The molecule has 3 fully saturated rings. The van der Waals surface area contributed by atoms with Crippen molar-refractivity contribution in [1.82, 2.24) is 0 Å². The van der Waals surface area contributed by atoms with Crippen LogP contribution in [0.5, 0.6) is 0 Å². The second-order valence-corrected chi connectivity index (χ2v) is 10.9. The van der Waals surface area contributed by atoms with Gasteiger partial charge in [0.1, 0.15) is 0 Å². The average molecular weight is 557 g/mol. The minimum atomic E-state index is -0.346. The van der Waals surface area contributed by atoms with Gasteiger partial charge in [-0.05, 0) is 38.3 Å². The molecule has 4 aliphatic rings. The van der Waals surface area contributed by atoms with E-state index in [4.69, 9.17) is 19.4 Å². The molecule has 0 spiro atoms. The summed E-state index contributed by atoms with van der Waals surface area (Å²) >= 11 is -0.346. The zero-order valence-corrected chi connectivity index (χ0v) is 21.6. The number of azo groups is 2. The molecule has 2 unspecified atom stereocenters. The number of allylic oxidation sites excluding steroid dienone is 2. The van der Waals surface area contributed by atoms with E-state index in [0.717, 1.165) is 13.0 Å². The summed E-state index contributed by atoms with van der Waals surface area (Å²) in [4.78, 5) is 0. The van der Waals surface area contributed by atoms with E-state index >= 15 is 0 Å². The fourth-order valence-corrected chi connectivity index (χ4v) is 4.06. The van der Waals surface area contributed by atoms with Crippen molar-refractivity contribution in [3.05, 3.63) is 35.1 Å². The molecule has 176 valence electrons. The third kappa shape index (κ3) is 13.1. The van der Waals surface area contributed by atoms with Gasteiger partial charge in [0.15, 0.2) is 0 Å². The summed E-state index contributed by atoms with van der Waals surface area (Å²) in [5.74, 6) is 0. The number of rotatable bonds is 4. The van der Waals surface area contributed by atoms with Crippen LogP contribution >= 0.6 is 19.4 Å². The van der Waals surface area contributed by atoms with Gasteiger partial charge in [-0.25, -0.2) is 10.2 Å². The molecular weight excluding hydrogens is 520 g/mol. The van der Waals surface area contributed by atoms with Crippen LogP contribution in [0, 0.1) is 0 Å². The number of hydrogen-bond donors (Lipinski definition) is 0. The molecule has 31 heavy (non-hydrogen) atoms. The first-order valence-corrected chi connectivity index (χ1v) is 16.1. The van der Waals surface area contributed by atoms with E-state index in [1.54, 1.807) is 6.20 Å². The maximum absolute atomic E-state index is 4.85. The predicted octanol–water partition coefficient (Wildman–Crippen LogP) is 8.59. The molecule has 2 saturated carbocycles. The molecule has 0 bridgehead atoms. The van der Waals surface area contributed by atoms with Gasteiger partial charge in [0, 0.05) is 6.17 Å². The normalized spacial score (nSPS) is 27.3. The van der Waals surface area contributed by atoms with Gasteiger partial charge in [-0.3, -0.25) is 0 Å². The van der Waals surface area contributed by atoms with Gasteiger partial charge < -0.3 is 10.6 Å². The molecule has 6 nitrogen and oxygen atoms in total. The van der Waals surface area contributed by atoms with E-state index < -0.39 is 0 Å². The number of halogens is 2. The monoisotopic (exact) mass is 556 g/mol. The zero-order valence-electron chi connectivity index (χ0n) is 18.3. The summed E-state index contributed by atoms with van der Waals surface area (Å²) < 4.78 is 0. The molecule has 0 aromatic carbocycles. The van der Waals surface area contributed by atoms with Crippen LogP contribution in [-0.4, -0.2) is 31.0 Å². The molecule has 0 aromatic rings. The molecule has 0 aromatic heterocycles. The number of hydrogen-bond acceptors (Lipinski definition) is 4. The minimum absolute atomic E-state index is 0.0677. The van der Waals surface area contributed by atoms with E-state index in [2.05, 4.69) is 31.1 Å². The van der Waals surface area contributed by atoms with Crippen molar-refractivity contribution in [2.24, 2.45) is 20.5 Å². The van der Waals surface area contributed by atoms with Gasteiger partial charge in [0.05, 0.1) is 12.1 Å². The standard InChI is InChI=1S/C11H20N3.C11H16N3.2ClH.Ru/c2*1-2-6-10(7-3-1)13-14-11-8-4-5-9-12-11;;;/h10-11H,1-9H2;4-5,8-11H,1-3,6-7H2;2*1H;/q2*-1;;;+4/p-2. The van der Waals surface area contributed by atoms with Crippen LogP contribution in [0.15, 0.2) is 44.9 Å². The van der Waals surface area contributed by atoms with Gasteiger partial charge in [0.2, 0.25) is 0 Å². The molecule has 0 radical (unpaired) electrons. The van der Waals surface area contributed by atoms with Crippen LogP contribution in [0.25, 0.3) is 10.6 Å². The quantitative estimate of drug-likeness (QED) is 0.246. The Balaban J connectivity index is 0.000000196. The van der Waals surface area contributed by atoms with Crippen molar-refractivity contribution < 1.29 is 15.1 Å². The van der Waals surface area contributed by atoms with E-state index in [1.165, 1.54) is 77.0 Å². The van der Waals surface area contributed by atoms with E-state index in [0.29, 0.717) is 12.1 Å². The number of piperidine rings is 1. The van der Waals surface area contributed by atoms with Crippen molar-refractivity contribution >= 4 is 19.4 Å². The fourth-order valence-electron chi connectivity index (χ4n) is 4.06. The van der Waals surface area contributed by atoms with Gasteiger partial charge in [0.25, 0.3) is 0 Å². The molecule has 1 saturated heterocycles. The summed E-state index contributed by atoms with van der Waals surface area (Å²) in [5.41, 5.74) is 0. The Kier molecular flexibility index (Phi) is 15.7. The molecule has 9 heteroatoms. The van der Waals surface area contributed by atoms with Gasteiger partial charge >= 0.3 is 34.5 Å². The summed E-state index contributed by atoms with van der Waals surface area (Å²) in [5, 5.41) is 26.0. The summed E-state index contributed by atoms with van der Waals surface area (Å²) in [6.07, 6.45) is 24.3. The van der Waals surface area contributed by atoms with Gasteiger partial charge in [-0.2, -0.15) is 16.4 Å². The Morgan fingerprint density at radius 1 is 0.677 bits per heavy atom. The summed E-state index contributed by atoms with van der Waals surface area (Å²) in [6.45, 7) is 0.994. The summed E-state index contributed by atoms with van der Waals surface area (Å²) in [6, 6.07) is 0.971. The predicted molar refractivity (Wildman–Crippen MR) is 126 cm³/mol. The SMILES string of the molecule is C1=C[N-]C(N=NC2CCCCC2)C=C1.C1CCC(N=NC2CCCC[N-]2)CC1.[Cl][Ru+2][Cl]. The second kappa shape index (κ2) is 18.1. The van der Waals surface area contributed by atoms with Crippen molar-refractivity contribution in [3.8, 4) is 0 Å². The maximum atomic E-state index is 4.85. The molecule has 2 aliphatic heterocycles. The third-order valence-corrected chi connectivity index (χ3v) is 5.79. The van der Waals surface area contributed by atoms with Crippen LogP contribution in [0.4, 0.5) is 0 Å². The Labute approximate surface area is 203 Å². The van der Waals surface area contributed by atoms with Crippen molar-refractivity contribution in [2.45, 2.75) is 108 Å². The molecule has 4 rings (SSSR count). The Morgan fingerprint density at radius 2 is 1.26 bits per heavy atom. The van der Waals surface area contributed by atoms with E-state index in [-0.39, 0.29) is 27.5 Å². The van der Waals surface area contributed by atoms with E-state index in [1.807, 2.05) is 18.2 Å². The van der Waals surface area contributed by atoms with Crippen LogP contribution in [0.1, 0.15) is 83.5 Å². The second-order valence-electron chi connectivity index (χ2n) is 8.27. The Morgan fingerprint density at radius 3 is 1.77 bits per heavy atom. The van der Waals surface area contributed by atoms with Gasteiger partial charge in [-0.1, -0.05) is 69.6 Å². The topological polar surface area (TPSA) is 77.6 Å². The number of nitrogens with zero attached hydrogens (tertiary/aromatic N) is 6. The Bertz CT molecular complexity index is 534.